The van der Waals surface area contributed by atoms with Gasteiger partial charge in [0.15, 0.2) is 0 Å². The molecular formula is C23H28FNO3. The fourth-order valence-corrected chi connectivity index (χ4v) is 3.52. The van der Waals surface area contributed by atoms with E-state index < -0.39 is 5.60 Å². The quantitative estimate of drug-likeness (QED) is 0.823. The normalized spacial score (nSPS) is 19.5. The van der Waals surface area contributed by atoms with Gasteiger partial charge in [0.1, 0.15) is 23.8 Å². The van der Waals surface area contributed by atoms with E-state index in [0.717, 1.165) is 23.3 Å². The Morgan fingerprint density at radius 1 is 1.18 bits per heavy atom. The summed E-state index contributed by atoms with van der Waals surface area (Å²) in [5.41, 5.74) is 2.23. The standard InChI is InChI=1S/C23H28FNO3/c1-17-4-10-21(14-18(17)2)28-16-23(27)12-3-13-25(15-23)22(26)11-7-19-5-8-20(24)9-6-19/h4-6,8-10,14,27H,3,7,11-13,15-16H2,1-2H3. The summed E-state index contributed by atoms with van der Waals surface area (Å²) in [7, 11) is 0. The highest BCUT2D eigenvalue weighted by molar-refractivity contribution is 5.76. The van der Waals surface area contributed by atoms with Crippen molar-refractivity contribution >= 4 is 5.91 Å². The van der Waals surface area contributed by atoms with Gasteiger partial charge in [0, 0.05) is 13.0 Å². The molecule has 1 amide bonds. The molecule has 1 unspecified atom stereocenters. The molecule has 150 valence electrons. The molecule has 0 aliphatic carbocycles. The number of benzene rings is 2. The van der Waals surface area contributed by atoms with Crippen molar-refractivity contribution < 1.29 is 19.0 Å². The molecule has 0 bridgehead atoms. The lowest BCUT2D eigenvalue weighted by molar-refractivity contribution is -0.140. The topological polar surface area (TPSA) is 49.8 Å². The molecule has 0 spiro atoms. The van der Waals surface area contributed by atoms with Crippen LogP contribution >= 0.6 is 0 Å². The van der Waals surface area contributed by atoms with E-state index in [2.05, 4.69) is 0 Å². The van der Waals surface area contributed by atoms with Crippen LogP contribution < -0.4 is 4.74 Å². The first-order valence-corrected chi connectivity index (χ1v) is 9.79. The van der Waals surface area contributed by atoms with Gasteiger partial charge >= 0.3 is 0 Å². The van der Waals surface area contributed by atoms with Gasteiger partial charge in [0.25, 0.3) is 0 Å². The lowest BCUT2D eigenvalue weighted by atomic mass is 9.93. The highest BCUT2D eigenvalue weighted by atomic mass is 19.1. The molecule has 28 heavy (non-hydrogen) atoms. The molecule has 2 aromatic rings. The van der Waals surface area contributed by atoms with Crippen LogP contribution in [0.25, 0.3) is 0 Å². The maximum absolute atomic E-state index is 13.0. The average Bonchev–Trinajstić information content (AvgIpc) is 2.68. The number of piperidine rings is 1. The van der Waals surface area contributed by atoms with Crippen molar-refractivity contribution in [2.24, 2.45) is 0 Å². The van der Waals surface area contributed by atoms with Crippen LogP contribution in [0.2, 0.25) is 0 Å². The van der Waals surface area contributed by atoms with Gasteiger partial charge in [-0.1, -0.05) is 18.2 Å². The third-order valence-corrected chi connectivity index (χ3v) is 5.43. The number of hydrogen-bond donors (Lipinski definition) is 1. The minimum Gasteiger partial charge on any atom is -0.491 e. The van der Waals surface area contributed by atoms with Crippen molar-refractivity contribution in [1.29, 1.82) is 0 Å². The molecule has 1 heterocycles. The molecule has 1 aliphatic rings. The van der Waals surface area contributed by atoms with E-state index in [4.69, 9.17) is 4.74 Å². The van der Waals surface area contributed by atoms with Crippen LogP contribution in [0.1, 0.15) is 36.0 Å². The smallest absolute Gasteiger partial charge is 0.223 e. The lowest BCUT2D eigenvalue weighted by Gasteiger charge is -2.39. The first kappa shape index (κ1) is 20.3. The minimum absolute atomic E-state index is 0.00799. The zero-order valence-corrected chi connectivity index (χ0v) is 16.6. The average molecular weight is 385 g/mol. The van der Waals surface area contributed by atoms with Gasteiger partial charge in [-0.05, 0) is 74.1 Å². The molecular weight excluding hydrogens is 357 g/mol. The monoisotopic (exact) mass is 385 g/mol. The van der Waals surface area contributed by atoms with Crippen molar-refractivity contribution in [2.75, 3.05) is 19.7 Å². The summed E-state index contributed by atoms with van der Waals surface area (Å²) in [6.45, 7) is 5.16. The van der Waals surface area contributed by atoms with Crippen LogP contribution in [0.3, 0.4) is 0 Å². The number of aryl methyl sites for hydroxylation is 3. The Morgan fingerprint density at radius 2 is 1.93 bits per heavy atom. The lowest BCUT2D eigenvalue weighted by Crippen LogP contribution is -2.53. The zero-order valence-electron chi connectivity index (χ0n) is 16.6. The van der Waals surface area contributed by atoms with Gasteiger partial charge in [-0.15, -0.1) is 0 Å². The van der Waals surface area contributed by atoms with E-state index in [1.54, 1.807) is 17.0 Å². The highest BCUT2D eigenvalue weighted by Crippen LogP contribution is 2.24. The molecule has 5 heteroatoms. The Balaban J connectivity index is 1.53. The zero-order chi connectivity index (χ0) is 20.1. The fourth-order valence-electron chi connectivity index (χ4n) is 3.52. The number of hydrogen-bond acceptors (Lipinski definition) is 3. The van der Waals surface area contributed by atoms with E-state index in [0.29, 0.717) is 25.8 Å². The Hall–Kier alpha value is -2.40. The number of rotatable bonds is 6. The molecule has 1 fully saturated rings. The molecule has 4 nitrogen and oxygen atoms in total. The van der Waals surface area contributed by atoms with Gasteiger partial charge in [-0.2, -0.15) is 0 Å². The number of β-amino-alcohol motifs (C(OH)–C–C–N with tert-alkyl or cyclic N) is 1. The number of aliphatic hydroxyl groups is 1. The summed E-state index contributed by atoms with van der Waals surface area (Å²) in [5, 5.41) is 10.9. The van der Waals surface area contributed by atoms with E-state index in [-0.39, 0.29) is 24.9 Å². The third-order valence-electron chi connectivity index (χ3n) is 5.43. The first-order chi connectivity index (χ1) is 13.3. The maximum atomic E-state index is 13.0. The molecule has 1 N–H and O–H groups in total. The number of amides is 1. The molecule has 1 aliphatic heterocycles. The van der Waals surface area contributed by atoms with Crippen LogP contribution in [0.4, 0.5) is 4.39 Å². The molecule has 1 atom stereocenters. The molecule has 0 radical (unpaired) electrons. The molecule has 3 rings (SSSR count). The SMILES string of the molecule is Cc1ccc(OCC2(O)CCCN(C(=O)CCc3ccc(F)cc3)C2)cc1C. The number of carbonyl (C=O) groups is 1. The van der Waals surface area contributed by atoms with Gasteiger partial charge in [-0.3, -0.25) is 4.79 Å². The van der Waals surface area contributed by atoms with Gasteiger partial charge in [0.2, 0.25) is 5.91 Å². The fraction of sp³-hybridized carbons (Fsp3) is 0.435. The Bertz CT molecular complexity index is 821. The van der Waals surface area contributed by atoms with Gasteiger partial charge in [0.05, 0.1) is 6.54 Å². The van der Waals surface area contributed by atoms with E-state index in [1.807, 2.05) is 32.0 Å². The summed E-state index contributed by atoms with van der Waals surface area (Å²) in [6.07, 6.45) is 2.27. The third kappa shape index (κ3) is 5.32. The molecule has 2 aromatic carbocycles. The maximum Gasteiger partial charge on any atom is 0.223 e. The predicted molar refractivity (Wildman–Crippen MR) is 107 cm³/mol. The van der Waals surface area contributed by atoms with Crippen LogP contribution in [0.15, 0.2) is 42.5 Å². The molecule has 0 aromatic heterocycles. The summed E-state index contributed by atoms with van der Waals surface area (Å²) < 4.78 is 18.8. The number of carbonyl (C=O) groups excluding carboxylic acids is 1. The largest absolute Gasteiger partial charge is 0.491 e. The second kappa shape index (κ2) is 8.74. The van der Waals surface area contributed by atoms with E-state index in [1.165, 1.54) is 17.7 Å². The first-order valence-electron chi connectivity index (χ1n) is 9.79. The highest BCUT2D eigenvalue weighted by Gasteiger charge is 2.35. The summed E-state index contributed by atoms with van der Waals surface area (Å²) in [5.74, 6) is 0.463. The summed E-state index contributed by atoms with van der Waals surface area (Å²) >= 11 is 0. The van der Waals surface area contributed by atoms with Crippen LogP contribution in [0.5, 0.6) is 5.75 Å². The molecule has 1 saturated heterocycles. The number of likely N-dealkylation sites (tertiary alicyclic amines) is 1. The number of ether oxygens (including phenoxy) is 1. The number of halogens is 1. The second-order valence-corrected chi connectivity index (χ2v) is 7.80. The van der Waals surface area contributed by atoms with Crippen molar-refractivity contribution in [3.63, 3.8) is 0 Å². The van der Waals surface area contributed by atoms with E-state index >= 15 is 0 Å². The van der Waals surface area contributed by atoms with Crippen LogP contribution in [-0.4, -0.2) is 41.2 Å². The van der Waals surface area contributed by atoms with Crippen LogP contribution in [0, 0.1) is 19.7 Å². The predicted octanol–water partition coefficient (Wildman–Crippen LogP) is 3.81. The molecule has 0 saturated carbocycles. The summed E-state index contributed by atoms with van der Waals surface area (Å²) in [6, 6.07) is 12.1. The van der Waals surface area contributed by atoms with Crippen molar-refractivity contribution in [1.82, 2.24) is 4.90 Å². The van der Waals surface area contributed by atoms with Crippen LogP contribution in [-0.2, 0) is 11.2 Å². The Morgan fingerprint density at radius 3 is 2.64 bits per heavy atom. The van der Waals surface area contributed by atoms with E-state index in [9.17, 15) is 14.3 Å². The summed E-state index contributed by atoms with van der Waals surface area (Å²) in [4.78, 5) is 14.3. The second-order valence-electron chi connectivity index (χ2n) is 7.80. The van der Waals surface area contributed by atoms with Crippen molar-refractivity contribution in [2.45, 2.75) is 45.1 Å². The van der Waals surface area contributed by atoms with Crippen molar-refractivity contribution in [3.05, 3.63) is 65.0 Å². The van der Waals surface area contributed by atoms with Crippen molar-refractivity contribution in [3.8, 4) is 5.75 Å². The Labute approximate surface area is 165 Å². The minimum atomic E-state index is -1.04. The number of nitrogens with zero attached hydrogens (tertiary/aromatic N) is 1. The Kier molecular flexibility index (Phi) is 6.35. The van der Waals surface area contributed by atoms with Gasteiger partial charge < -0.3 is 14.7 Å². The van der Waals surface area contributed by atoms with Gasteiger partial charge in [-0.25, -0.2) is 4.39 Å².